The minimum atomic E-state index is -0.851. The van der Waals surface area contributed by atoms with Crippen LogP contribution in [0, 0.1) is 0 Å². The molecule has 0 aromatic heterocycles. The molecule has 0 unspecified atom stereocenters. The maximum Gasteiger partial charge on any atom is 0.352 e. The van der Waals surface area contributed by atoms with Gasteiger partial charge in [0.25, 0.3) is 0 Å². The molecule has 0 aliphatic carbocycles. The van der Waals surface area contributed by atoms with Crippen LogP contribution in [0.2, 0.25) is 0 Å². The number of imide groups is 1. The summed E-state index contributed by atoms with van der Waals surface area (Å²) in [4.78, 5) is 24.4. The molecule has 6 heteroatoms. The molecule has 0 atom stereocenters. The molecule has 0 saturated carbocycles. The third-order valence-electron chi connectivity index (χ3n) is 2.92. The van der Waals surface area contributed by atoms with Crippen LogP contribution < -0.4 is 15.1 Å². The SMILES string of the molecule is COc1ccc2c(c1)N(C(=O)NO)C(=O)CCC2. The minimum Gasteiger partial charge on any atom is -0.497 e. The molecule has 3 amide bonds. The quantitative estimate of drug-likeness (QED) is 0.584. The first-order valence-corrected chi connectivity index (χ1v) is 5.61. The fraction of sp³-hybridized carbons (Fsp3) is 0.333. The molecule has 1 aliphatic heterocycles. The summed E-state index contributed by atoms with van der Waals surface area (Å²) in [6, 6.07) is 4.37. The van der Waals surface area contributed by atoms with Gasteiger partial charge in [0.15, 0.2) is 0 Å². The van der Waals surface area contributed by atoms with Gasteiger partial charge in [-0.3, -0.25) is 10.0 Å². The minimum absolute atomic E-state index is 0.268. The Morgan fingerprint density at radius 2 is 2.22 bits per heavy atom. The number of carbonyl (C=O) groups is 2. The summed E-state index contributed by atoms with van der Waals surface area (Å²) in [5.74, 6) is 0.216. The van der Waals surface area contributed by atoms with Crippen LogP contribution in [-0.2, 0) is 11.2 Å². The van der Waals surface area contributed by atoms with E-state index in [-0.39, 0.29) is 12.3 Å². The number of rotatable bonds is 1. The molecule has 6 nitrogen and oxygen atoms in total. The highest BCUT2D eigenvalue weighted by Gasteiger charge is 2.28. The first-order chi connectivity index (χ1) is 8.67. The van der Waals surface area contributed by atoms with E-state index in [1.165, 1.54) is 12.6 Å². The van der Waals surface area contributed by atoms with Gasteiger partial charge < -0.3 is 4.74 Å². The van der Waals surface area contributed by atoms with Gasteiger partial charge in [0.05, 0.1) is 12.8 Å². The lowest BCUT2D eigenvalue weighted by molar-refractivity contribution is -0.118. The number of amides is 3. The standard InChI is InChI=1S/C12H14N2O4/c1-18-9-6-5-8-3-2-4-11(15)14(10(8)7-9)12(16)13-17/h5-7,17H,2-4H2,1H3,(H,13,16). The van der Waals surface area contributed by atoms with Gasteiger partial charge in [-0.25, -0.2) is 15.2 Å². The molecule has 1 aromatic carbocycles. The molecule has 0 bridgehead atoms. The molecule has 1 heterocycles. The lowest BCUT2D eigenvalue weighted by Crippen LogP contribution is -2.42. The Labute approximate surface area is 104 Å². The molecule has 2 rings (SSSR count). The van der Waals surface area contributed by atoms with Crippen LogP contribution in [0.5, 0.6) is 5.75 Å². The summed E-state index contributed by atoms with van der Waals surface area (Å²) in [6.07, 6.45) is 1.65. The summed E-state index contributed by atoms with van der Waals surface area (Å²) in [6.45, 7) is 0. The predicted molar refractivity (Wildman–Crippen MR) is 63.7 cm³/mol. The Hall–Kier alpha value is -2.08. The van der Waals surface area contributed by atoms with Gasteiger partial charge in [-0.15, -0.1) is 0 Å². The van der Waals surface area contributed by atoms with Crippen LogP contribution in [0.25, 0.3) is 0 Å². The first-order valence-electron chi connectivity index (χ1n) is 5.61. The Kier molecular flexibility index (Phi) is 3.47. The number of hydroxylamine groups is 1. The number of nitrogens with one attached hydrogen (secondary N) is 1. The maximum absolute atomic E-state index is 11.9. The van der Waals surface area contributed by atoms with E-state index in [1.54, 1.807) is 12.1 Å². The molecule has 0 spiro atoms. The van der Waals surface area contributed by atoms with Crippen LogP contribution in [0.4, 0.5) is 10.5 Å². The first kappa shape index (κ1) is 12.4. The zero-order valence-electron chi connectivity index (χ0n) is 9.97. The van der Waals surface area contributed by atoms with Gasteiger partial charge in [-0.2, -0.15) is 0 Å². The Balaban J connectivity index is 2.51. The number of ether oxygens (including phenoxy) is 1. The van der Waals surface area contributed by atoms with Crippen LogP contribution in [0.3, 0.4) is 0 Å². The predicted octanol–water partition coefficient (Wildman–Crippen LogP) is 1.46. The van der Waals surface area contributed by atoms with E-state index >= 15 is 0 Å². The molecule has 0 saturated heterocycles. The number of carbonyl (C=O) groups excluding carboxylic acids is 2. The highest BCUT2D eigenvalue weighted by atomic mass is 16.5. The van der Waals surface area contributed by atoms with Crippen molar-refractivity contribution in [2.75, 3.05) is 12.0 Å². The summed E-state index contributed by atoms with van der Waals surface area (Å²) < 4.78 is 5.09. The highest BCUT2D eigenvalue weighted by Crippen LogP contribution is 2.30. The highest BCUT2D eigenvalue weighted by molar-refractivity contribution is 6.14. The van der Waals surface area contributed by atoms with Crippen molar-refractivity contribution in [3.63, 3.8) is 0 Å². The number of hydrogen-bond donors (Lipinski definition) is 2. The second-order valence-electron chi connectivity index (χ2n) is 3.99. The van der Waals surface area contributed by atoms with Crippen molar-refractivity contribution in [1.29, 1.82) is 0 Å². The van der Waals surface area contributed by atoms with Crippen molar-refractivity contribution >= 4 is 17.6 Å². The average molecular weight is 250 g/mol. The fourth-order valence-electron chi connectivity index (χ4n) is 2.04. The van der Waals surface area contributed by atoms with Gasteiger partial charge in [0.1, 0.15) is 5.75 Å². The molecule has 0 radical (unpaired) electrons. The fourth-order valence-corrected chi connectivity index (χ4v) is 2.04. The third-order valence-corrected chi connectivity index (χ3v) is 2.92. The summed E-state index contributed by atoms with van der Waals surface area (Å²) in [5.41, 5.74) is 2.84. The van der Waals surface area contributed by atoms with Gasteiger partial charge in [0.2, 0.25) is 5.91 Å². The molecule has 18 heavy (non-hydrogen) atoms. The van der Waals surface area contributed by atoms with Crippen LogP contribution in [0.15, 0.2) is 18.2 Å². The van der Waals surface area contributed by atoms with Crippen molar-refractivity contribution < 1.29 is 19.5 Å². The second kappa shape index (κ2) is 5.05. The average Bonchev–Trinajstić information content (AvgIpc) is 2.55. The van der Waals surface area contributed by atoms with E-state index in [1.807, 2.05) is 6.07 Å². The van der Waals surface area contributed by atoms with E-state index in [0.29, 0.717) is 24.3 Å². The Bertz CT molecular complexity index is 487. The molecule has 0 fully saturated rings. The van der Waals surface area contributed by atoms with Gasteiger partial charge in [-0.05, 0) is 24.5 Å². The molecule has 2 N–H and O–H groups in total. The largest absolute Gasteiger partial charge is 0.497 e. The van der Waals surface area contributed by atoms with E-state index in [2.05, 4.69) is 0 Å². The monoisotopic (exact) mass is 250 g/mol. The number of nitrogens with zero attached hydrogens (tertiary/aromatic N) is 1. The second-order valence-corrected chi connectivity index (χ2v) is 3.99. The van der Waals surface area contributed by atoms with Gasteiger partial charge in [-0.1, -0.05) is 6.07 Å². The van der Waals surface area contributed by atoms with E-state index in [4.69, 9.17) is 9.94 Å². The number of fused-ring (bicyclic) bond motifs is 1. The van der Waals surface area contributed by atoms with E-state index < -0.39 is 6.03 Å². The normalized spacial score (nSPS) is 14.8. The smallest absolute Gasteiger partial charge is 0.352 e. The van der Waals surface area contributed by atoms with Crippen molar-refractivity contribution in [2.45, 2.75) is 19.3 Å². The Morgan fingerprint density at radius 1 is 1.44 bits per heavy atom. The number of benzene rings is 1. The molecule has 1 aromatic rings. The summed E-state index contributed by atoms with van der Waals surface area (Å²) in [7, 11) is 1.51. The number of anilines is 1. The Morgan fingerprint density at radius 3 is 2.89 bits per heavy atom. The van der Waals surface area contributed by atoms with Crippen molar-refractivity contribution in [3.8, 4) is 5.75 Å². The number of methoxy groups -OCH3 is 1. The number of hydrogen-bond acceptors (Lipinski definition) is 4. The maximum atomic E-state index is 11.9. The molecular weight excluding hydrogens is 236 g/mol. The summed E-state index contributed by atoms with van der Waals surface area (Å²) >= 11 is 0. The molecule has 1 aliphatic rings. The number of aryl methyl sites for hydroxylation is 1. The van der Waals surface area contributed by atoms with Gasteiger partial charge >= 0.3 is 6.03 Å². The van der Waals surface area contributed by atoms with Crippen molar-refractivity contribution in [1.82, 2.24) is 5.48 Å². The van der Waals surface area contributed by atoms with Gasteiger partial charge in [0, 0.05) is 12.5 Å². The zero-order chi connectivity index (χ0) is 13.1. The van der Waals surface area contributed by atoms with Crippen LogP contribution >= 0.6 is 0 Å². The topological polar surface area (TPSA) is 78.9 Å². The van der Waals surface area contributed by atoms with Crippen LogP contribution in [-0.4, -0.2) is 24.3 Å². The van der Waals surface area contributed by atoms with E-state index in [0.717, 1.165) is 10.5 Å². The zero-order valence-corrected chi connectivity index (χ0v) is 9.97. The molecular formula is C12H14N2O4. The lowest BCUT2D eigenvalue weighted by atomic mass is 10.1. The van der Waals surface area contributed by atoms with E-state index in [9.17, 15) is 9.59 Å². The van der Waals surface area contributed by atoms with Crippen molar-refractivity contribution in [3.05, 3.63) is 23.8 Å². The number of urea groups is 1. The molecule has 96 valence electrons. The van der Waals surface area contributed by atoms with Crippen molar-refractivity contribution in [2.24, 2.45) is 0 Å². The third kappa shape index (κ3) is 2.14. The van der Waals surface area contributed by atoms with Crippen LogP contribution in [0.1, 0.15) is 18.4 Å². The lowest BCUT2D eigenvalue weighted by Gasteiger charge is -2.20. The summed E-state index contributed by atoms with van der Waals surface area (Å²) in [5, 5.41) is 8.72.